The third-order valence-corrected chi connectivity index (χ3v) is 5.12. The Morgan fingerprint density at radius 2 is 1.93 bits per heavy atom. The van der Waals surface area contributed by atoms with Crippen LogP contribution in [0.2, 0.25) is 5.02 Å². The second kappa shape index (κ2) is 9.04. The van der Waals surface area contributed by atoms with Gasteiger partial charge in [0.2, 0.25) is 5.69 Å². The van der Waals surface area contributed by atoms with Crippen LogP contribution in [0.4, 0.5) is 5.13 Å². The van der Waals surface area contributed by atoms with Gasteiger partial charge in [-0.15, -0.1) is 11.3 Å². The summed E-state index contributed by atoms with van der Waals surface area (Å²) in [7, 11) is 0. The second-order valence-electron chi connectivity index (χ2n) is 6.18. The molecule has 152 valence electrons. The van der Waals surface area contributed by atoms with E-state index in [1.54, 1.807) is 24.3 Å². The Balaban J connectivity index is 1.33. The van der Waals surface area contributed by atoms with Crippen molar-refractivity contribution in [3.63, 3.8) is 0 Å². The fraction of sp³-hybridized carbons (Fsp3) is 0.100. The van der Waals surface area contributed by atoms with Gasteiger partial charge in [-0.05, 0) is 17.0 Å². The molecule has 0 aliphatic heterocycles. The van der Waals surface area contributed by atoms with Crippen LogP contribution in [0.15, 0.2) is 64.6 Å². The highest BCUT2D eigenvalue weighted by molar-refractivity contribution is 7.14. The normalized spacial score (nSPS) is 10.8. The summed E-state index contributed by atoms with van der Waals surface area (Å²) in [5, 5.41) is 21.2. The summed E-state index contributed by atoms with van der Waals surface area (Å²) >= 11 is 7.19. The third-order valence-electron chi connectivity index (χ3n) is 4.11. The molecule has 0 unspecified atom stereocenters. The van der Waals surface area contributed by atoms with Crippen LogP contribution in [0.5, 0.6) is 0 Å². The number of thiazole rings is 1. The molecular weight excluding hydrogens is 428 g/mol. The largest absolute Gasteiger partial charge is 0.363 e. The molecule has 2 heterocycles. The lowest BCUT2D eigenvalue weighted by Crippen LogP contribution is -2.29. The van der Waals surface area contributed by atoms with E-state index in [1.807, 2.05) is 35.7 Å². The van der Waals surface area contributed by atoms with Gasteiger partial charge in [-0.25, -0.2) is 4.98 Å². The molecule has 0 aliphatic rings. The number of halogens is 1. The van der Waals surface area contributed by atoms with E-state index in [-0.39, 0.29) is 29.7 Å². The number of nitrogens with one attached hydrogen (secondary N) is 1. The number of ether oxygens (including phenoxy) is 1. The number of rotatable bonds is 7. The maximum atomic E-state index is 12.2. The highest BCUT2D eigenvalue weighted by Crippen LogP contribution is 2.26. The van der Waals surface area contributed by atoms with Crippen molar-refractivity contribution < 1.29 is 19.1 Å². The molecule has 0 bridgehead atoms. The maximum absolute atomic E-state index is 12.2. The second-order valence-corrected chi connectivity index (χ2v) is 7.47. The zero-order chi connectivity index (χ0) is 20.9. The smallest absolute Gasteiger partial charge is 0.253 e. The SMILES string of the molecule is O=C(COCc1c(-c2ccccc2)no[n+]1[O-])Nc1nc(-c2ccc(Cl)cc2)cs1. The van der Waals surface area contributed by atoms with Crippen LogP contribution in [-0.2, 0) is 16.1 Å². The Morgan fingerprint density at radius 3 is 2.70 bits per heavy atom. The minimum Gasteiger partial charge on any atom is -0.363 e. The first-order valence-electron chi connectivity index (χ1n) is 8.83. The summed E-state index contributed by atoms with van der Waals surface area (Å²) in [6.07, 6.45) is 0. The molecule has 0 fully saturated rings. The van der Waals surface area contributed by atoms with E-state index in [0.29, 0.717) is 15.8 Å². The van der Waals surface area contributed by atoms with Crippen LogP contribution in [0, 0.1) is 5.21 Å². The van der Waals surface area contributed by atoms with Crippen LogP contribution in [0.25, 0.3) is 22.5 Å². The number of hydrogen-bond acceptors (Lipinski definition) is 7. The van der Waals surface area contributed by atoms with E-state index in [1.165, 1.54) is 11.3 Å². The Kier molecular flexibility index (Phi) is 6.03. The van der Waals surface area contributed by atoms with Gasteiger partial charge in [-0.3, -0.25) is 14.7 Å². The molecular formula is C20H15ClN4O4S. The van der Waals surface area contributed by atoms with Crippen molar-refractivity contribution in [3.8, 4) is 22.5 Å². The number of carbonyl (C=O) groups excluding carboxylic acids is 1. The Bertz CT molecular complexity index is 1150. The minimum absolute atomic E-state index is 0.126. The molecule has 0 saturated heterocycles. The molecule has 8 nitrogen and oxygen atoms in total. The van der Waals surface area contributed by atoms with E-state index < -0.39 is 0 Å². The molecule has 4 aromatic rings. The molecule has 2 aromatic heterocycles. The van der Waals surface area contributed by atoms with Crippen molar-refractivity contribution in [2.45, 2.75) is 6.61 Å². The summed E-state index contributed by atoms with van der Waals surface area (Å²) in [6.45, 7) is -0.381. The van der Waals surface area contributed by atoms with Gasteiger partial charge in [-0.2, -0.15) is 0 Å². The van der Waals surface area contributed by atoms with E-state index in [4.69, 9.17) is 16.3 Å². The Morgan fingerprint density at radius 1 is 1.17 bits per heavy atom. The number of amides is 1. The van der Waals surface area contributed by atoms with Crippen molar-refractivity contribution in [1.29, 1.82) is 0 Å². The van der Waals surface area contributed by atoms with Gasteiger partial charge < -0.3 is 9.94 Å². The van der Waals surface area contributed by atoms with Crippen LogP contribution in [0.1, 0.15) is 5.69 Å². The number of benzene rings is 2. The first kappa shape index (κ1) is 20.0. The molecule has 0 saturated carbocycles. The van der Waals surface area contributed by atoms with Crippen molar-refractivity contribution in [3.05, 3.63) is 75.9 Å². The average Bonchev–Trinajstić information content (AvgIpc) is 3.36. The van der Waals surface area contributed by atoms with Crippen molar-refractivity contribution in [2.75, 3.05) is 11.9 Å². The monoisotopic (exact) mass is 442 g/mol. The number of aromatic nitrogens is 3. The molecule has 2 aromatic carbocycles. The molecule has 1 N–H and O–H groups in total. The van der Waals surface area contributed by atoms with Gasteiger partial charge in [0.05, 0.1) is 5.69 Å². The molecule has 0 atom stereocenters. The third kappa shape index (κ3) is 4.65. The highest BCUT2D eigenvalue weighted by Gasteiger charge is 2.21. The zero-order valence-electron chi connectivity index (χ0n) is 15.4. The summed E-state index contributed by atoms with van der Waals surface area (Å²) in [5.74, 6) is -0.387. The first-order chi connectivity index (χ1) is 14.6. The lowest BCUT2D eigenvalue weighted by molar-refractivity contribution is -0.809. The molecule has 1 amide bonds. The van der Waals surface area contributed by atoms with Crippen molar-refractivity contribution in [2.24, 2.45) is 0 Å². The van der Waals surface area contributed by atoms with Gasteiger partial charge in [0.15, 0.2) is 5.13 Å². The van der Waals surface area contributed by atoms with E-state index in [0.717, 1.165) is 16.8 Å². The quantitative estimate of drug-likeness (QED) is 0.435. The van der Waals surface area contributed by atoms with Crippen LogP contribution in [0.3, 0.4) is 0 Å². The summed E-state index contributed by atoms with van der Waals surface area (Å²) in [5.41, 5.74) is 2.91. The highest BCUT2D eigenvalue weighted by atomic mass is 35.5. The van der Waals surface area contributed by atoms with Gasteiger partial charge in [0, 0.05) is 26.7 Å². The van der Waals surface area contributed by atoms with Crippen molar-refractivity contribution in [1.82, 2.24) is 10.1 Å². The lowest BCUT2D eigenvalue weighted by Gasteiger charge is -2.03. The molecule has 10 heteroatoms. The zero-order valence-corrected chi connectivity index (χ0v) is 17.0. The Labute approximate surface area is 180 Å². The van der Waals surface area contributed by atoms with Crippen LogP contribution < -0.4 is 10.2 Å². The van der Waals surface area contributed by atoms with Gasteiger partial charge in [-0.1, -0.05) is 54.1 Å². The molecule has 0 spiro atoms. The number of hydrogen-bond donors (Lipinski definition) is 1. The van der Waals surface area contributed by atoms with E-state index in [9.17, 15) is 10.0 Å². The minimum atomic E-state index is -0.387. The number of anilines is 1. The summed E-state index contributed by atoms with van der Waals surface area (Å²) in [4.78, 5) is 16.8. The predicted octanol–water partition coefficient (Wildman–Crippen LogP) is 3.91. The summed E-state index contributed by atoms with van der Waals surface area (Å²) < 4.78 is 10.1. The number of nitrogens with zero attached hydrogens (tertiary/aromatic N) is 3. The van der Waals surface area contributed by atoms with Crippen LogP contribution in [-0.4, -0.2) is 22.7 Å². The molecule has 4 rings (SSSR count). The molecule has 0 radical (unpaired) electrons. The molecule has 0 aliphatic carbocycles. The summed E-state index contributed by atoms with van der Waals surface area (Å²) in [6, 6.07) is 16.4. The van der Waals surface area contributed by atoms with E-state index >= 15 is 0 Å². The van der Waals surface area contributed by atoms with Gasteiger partial charge in [0.25, 0.3) is 11.6 Å². The maximum Gasteiger partial charge on any atom is 0.253 e. The fourth-order valence-corrected chi connectivity index (χ4v) is 3.54. The van der Waals surface area contributed by atoms with Crippen LogP contribution >= 0.6 is 22.9 Å². The number of carbonyl (C=O) groups is 1. The van der Waals surface area contributed by atoms with Gasteiger partial charge in [0.1, 0.15) is 13.2 Å². The standard InChI is InChI=1S/C20H15ClN4O4S/c21-15-8-6-13(7-9-15)16-12-30-20(22-16)23-18(26)11-28-10-17-19(24-29-25(17)27)14-4-2-1-3-5-14/h1-9,12H,10-11H2,(H,22,23,26). The fourth-order valence-electron chi connectivity index (χ4n) is 2.68. The first-order valence-corrected chi connectivity index (χ1v) is 10.1. The van der Waals surface area contributed by atoms with E-state index in [2.05, 4.69) is 20.1 Å². The Hall–Kier alpha value is -3.27. The van der Waals surface area contributed by atoms with Crippen molar-refractivity contribution >= 4 is 34.0 Å². The topological polar surface area (TPSA) is 104 Å². The van der Waals surface area contributed by atoms with Gasteiger partial charge >= 0.3 is 0 Å². The predicted molar refractivity (Wildman–Crippen MR) is 112 cm³/mol. The lowest BCUT2D eigenvalue weighted by atomic mass is 10.1. The average molecular weight is 443 g/mol. The molecule has 30 heavy (non-hydrogen) atoms.